The van der Waals surface area contributed by atoms with Crippen LogP contribution in [0.2, 0.25) is 0 Å². The van der Waals surface area contributed by atoms with Gasteiger partial charge in [-0.05, 0) is 18.6 Å². The SMILES string of the molecule is CS(=O)(=O)NCCCNc1ccc(C#N)cn1. The molecule has 0 bridgehead atoms. The summed E-state index contributed by atoms with van der Waals surface area (Å²) in [6.45, 7) is 1.00. The lowest BCUT2D eigenvalue weighted by Gasteiger charge is -2.05. The zero-order valence-electron chi connectivity index (χ0n) is 9.47. The Morgan fingerprint density at radius 2 is 2.18 bits per heavy atom. The molecule has 6 nitrogen and oxygen atoms in total. The van der Waals surface area contributed by atoms with Gasteiger partial charge in [0.2, 0.25) is 10.0 Å². The predicted octanol–water partition coefficient (Wildman–Crippen LogP) is 0.304. The zero-order chi connectivity index (χ0) is 12.7. The summed E-state index contributed by atoms with van der Waals surface area (Å²) in [6, 6.07) is 5.36. The molecule has 17 heavy (non-hydrogen) atoms. The third kappa shape index (κ3) is 5.85. The van der Waals surface area contributed by atoms with E-state index in [9.17, 15) is 8.42 Å². The van der Waals surface area contributed by atoms with Crippen LogP contribution in [0, 0.1) is 11.3 Å². The highest BCUT2D eigenvalue weighted by atomic mass is 32.2. The minimum Gasteiger partial charge on any atom is -0.370 e. The Kier molecular flexibility index (Phi) is 4.87. The summed E-state index contributed by atoms with van der Waals surface area (Å²) < 4.78 is 23.9. The van der Waals surface area contributed by atoms with Gasteiger partial charge in [0.25, 0.3) is 0 Å². The molecule has 0 spiro atoms. The van der Waals surface area contributed by atoms with E-state index >= 15 is 0 Å². The highest BCUT2D eigenvalue weighted by Gasteiger charge is 1.99. The van der Waals surface area contributed by atoms with Crippen molar-refractivity contribution in [3.63, 3.8) is 0 Å². The van der Waals surface area contributed by atoms with Crippen molar-refractivity contribution in [1.29, 1.82) is 5.26 Å². The molecule has 0 radical (unpaired) electrons. The lowest BCUT2D eigenvalue weighted by Crippen LogP contribution is -2.24. The number of hydrogen-bond acceptors (Lipinski definition) is 5. The number of anilines is 1. The van der Waals surface area contributed by atoms with Crippen LogP contribution >= 0.6 is 0 Å². The monoisotopic (exact) mass is 254 g/mol. The standard InChI is InChI=1S/C10H14N4O2S/c1-17(15,16)14-6-2-5-12-10-4-3-9(7-11)8-13-10/h3-4,8,14H,2,5-6H2,1H3,(H,12,13). The minimum absolute atomic E-state index is 0.391. The molecule has 1 rings (SSSR count). The molecular weight excluding hydrogens is 240 g/mol. The van der Waals surface area contributed by atoms with Crippen molar-refractivity contribution in [2.45, 2.75) is 6.42 Å². The van der Waals surface area contributed by atoms with Gasteiger partial charge in [-0.2, -0.15) is 5.26 Å². The summed E-state index contributed by atoms with van der Waals surface area (Å²) in [4.78, 5) is 4.02. The van der Waals surface area contributed by atoms with Gasteiger partial charge in [-0.25, -0.2) is 18.1 Å². The summed E-state index contributed by atoms with van der Waals surface area (Å²) in [6.07, 6.45) is 3.27. The van der Waals surface area contributed by atoms with Crippen molar-refractivity contribution in [2.24, 2.45) is 0 Å². The first-order chi connectivity index (χ1) is 8.01. The van der Waals surface area contributed by atoms with Crippen LogP contribution in [-0.4, -0.2) is 32.7 Å². The van der Waals surface area contributed by atoms with Crippen molar-refractivity contribution in [3.8, 4) is 6.07 Å². The first kappa shape index (κ1) is 13.4. The molecule has 1 aromatic rings. The van der Waals surface area contributed by atoms with Crippen LogP contribution < -0.4 is 10.0 Å². The minimum atomic E-state index is -3.11. The normalized spacial score (nSPS) is 10.8. The fourth-order valence-corrected chi connectivity index (χ4v) is 1.64. The second kappa shape index (κ2) is 6.18. The molecule has 0 amide bonds. The summed E-state index contributed by atoms with van der Waals surface area (Å²) in [5.41, 5.74) is 0.509. The molecule has 0 saturated heterocycles. The molecular formula is C10H14N4O2S. The van der Waals surface area contributed by atoms with Gasteiger partial charge in [0.1, 0.15) is 11.9 Å². The van der Waals surface area contributed by atoms with E-state index in [1.807, 2.05) is 6.07 Å². The number of pyridine rings is 1. The number of nitrogens with one attached hydrogen (secondary N) is 2. The van der Waals surface area contributed by atoms with Crippen molar-refractivity contribution >= 4 is 15.8 Å². The van der Waals surface area contributed by atoms with Crippen molar-refractivity contribution in [3.05, 3.63) is 23.9 Å². The maximum absolute atomic E-state index is 10.8. The fourth-order valence-electron chi connectivity index (χ4n) is 1.13. The Hall–Kier alpha value is -1.65. The van der Waals surface area contributed by atoms with Crippen LogP contribution in [0.15, 0.2) is 18.3 Å². The first-order valence-electron chi connectivity index (χ1n) is 5.06. The molecule has 7 heteroatoms. The van der Waals surface area contributed by atoms with Crippen LogP contribution in [0.25, 0.3) is 0 Å². The third-order valence-electron chi connectivity index (χ3n) is 1.92. The Morgan fingerprint density at radius 1 is 1.41 bits per heavy atom. The summed E-state index contributed by atoms with van der Waals surface area (Å²) >= 11 is 0. The molecule has 92 valence electrons. The number of rotatable bonds is 6. The van der Waals surface area contributed by atoms with Gasteiger partial charge < -0.3 is 5.32 Å². The Morgan fingerprint density at radius 3 is 2.71 bits per heavy atom. The summed E-state index contributed by atoms with van der Waals surface area (Å²) in [5.74, 6) is 0.670. The molecule has 0 saturated carbocycles. The van der Waals surface area contributed by atoms with Crippen molar-refractivity contribution < 1.29 is 8.42 Å². The van der Waals surface area contributed by atoms with Gasteiger partial charge in [-0.1, -0.05) is 0 Å². The highest BCUT2D eigenvalue weighted by molar-refractivity contribution is 7.88. The molecule has 0 aliphatic heterocycles. The molecule has 0 unspecified atom stereocenters. The second-order valence-corrected chi connectivity index (χ2v) is 5.32. The third-order valence-corrected chi connectivity index (χ3v) is 2.65. The van der Waals surface area contributed by atoms with Crippen molar-refractivity contribution in [1.82, 2.24) is 9.71 Å². The molecule has 0 aliphatic carbocycles. The van der Waals surface area contributed by atoms with Gasteiger partial charge in [-0.15, -0.1) is 0 Å². The maximum atomic E-state index is 10.8. The fraction of sp³-hybridized carbons (Fsp3) is 0.400. The lowest BCUT2D eigenvalue weighted by molar-refractivity contribution is 0.586. The molecule has 0 atom stereocenters. The van der Waals surface area contributed by atoms with E-state index in [1.54, 1.807) is 12.1 Å². The average molecular weight is 254 g/mol. The van der Waals surface area contributed by atoms with E-state index in [0.717, 1.165) is 6.26 Å². The first-order valence-corrected chi connectivity index (χ1v) is 6.95. The Bertz CT molecular complexity index is 490. The topological polar surface area (TPSA) is 94.9 Å². The van der Waals surface area contributed by atoms with Crippen LogP contribution in [0.3, 0.4) is 0 Å². The largest absolute Gasteiger partial charge is 0.370 e. The quantitative estimate of drug-likeness (QED) is 0.712. The van der Waals surface area contributed by atoms with Gasteiger partial charge in [0.05, 0.1) is 11.8 Å². The average Bonchev–Trinajstić information content (AvgIpc) is 2.28. The lowest BCUT2D eigenvalue weighted by atomic mass is 10.3. The Balaban J connectivity index is 2.25. The van der Waals surface area contributed by atoms with Crippen LogP contribution in [0.5, 0.6) is 0 Å². The Labute approximate surface area is 101 Å². The number of nitrogens with zero attached hydrogens (tertiary/aromatic N) is 2. The van der Waals surface area contributed by atoms with Crippen LogP contribution in [0.4, 0.5) is 5.82 Å². The molecule has 2 N–H and O–H groups in total. The predicted molar refractivity (Wildman–Crippen MR) is 64.9 cm³/mol. The summed E-state index contributed by atoms with van der Waals surface area (Å²) in [7, 11) is -3.11. The number of nitriles is 1. The maximum Gasteiger partial charge on any atom is 0.208 e. The van der Waals surface area contributed by atoms with Crippen LogP contribution in [-0.2, 0) is 10.0 Å². The van der Waals surface area contributed by atoms with E-state index in [4.69, 9.17) is 5.26 Å². The van der Waals surface area contributed by atoms with E-state index in [0.29, 0.717) is 30.9 Å². The summed E-state index contributed by atoms with van der Waals surface area (Å²) in [5, 5.41) is 11.6. The van der Waals surface area contributed by atoms with Crippen molar-refractivity contribution in [2.75, 3.05) is 24.7 Å². The second-order valence-electron chi connectivity index (χ2n) is 3.49. The highest BCUT2D eigenvalue weighted by Crippen LogP contribution is 2.03. The molecule has 0 fully saturated rings. The molecule has 0 aromatic carbocycles. The number of aromatic nitrogens is 1. The van der Waals surface area contributed by atoms with Crippen LogP contribution in [0.1, 0.15) is 12.0 Å². The number of hydrogen-bond donors (Lipinski definition) is 2. The van der Waals surface area contributed by atoms with E-state index < -0.39 is 10.0 Å². The van der Waals surface area contributed by atoms with E-state index in [2.05, 4.69) is 15.0 Å². The van der Waals surface area contributed by atoms with Gasteiger partial charge >= 0.3 is 0 Å². The van der Waals surface area contributed by atoms with Gasteiger partial charge in [0.15, 0.2) is 0 Å². The van der Waals surface area contributed by atoms with Gasteiger partial charge in [-0.3, -0.25) is 0 Å². The van der Waals surface area contributed by atoms with E-state index in [-0.39, 0.29) is 0 Å². The number of sulfonamides is 1. The van der Waals surface area contributed by atoms with Gasteiger partial charge in [0, 0.05) is 19.3 Å². The smallest absolute Gasteiger partial charge is 0.208 e. The zero-order valence-corrected chi connectivity index (χ0v) is 10.3. The molecule has 1 aromatic heterocycles. The van der Waals surface area contributed by atoms with E-state index in [1.165, 1.54) is 6.20 Å². The molecule has 0 aliphatic rings. The molecule has 1 heterocycles.